The van der Waals surface area contributed by atoms with Gasteiger partial charge in [-0.1, -0.05) is 45.9 Å². The summed E-state index contributed by atoms with van der Waals surface area (Å²) in [5.74, 6) is 0.570. The normalized spacial score (nSPS) is 27.0. The minimum absolute atomic E-state index is 0.192. The maximum Gasteiger partial charge on any atom is 0.338 e. The van der Waals surface area contributed by atoms with Gasteiger partial charge in [0.1, 0.15) is 6.61 Å². The predicted molar refractivity (Wildman–Crippen MR) is 111 cm³/mol. The molecular formula is C23H36O6. The van der Waals surface area contributed by atoms with Crippen molar-refractivity contribution in [2.75, 3.05) is 39.6 Å². The molecule has 6 nitrogen and oxygen atoms in total. The van der Waals surface area contributed by atoms with Crippen LogP contribution in [0, 0.1) is 17.8 Å². The van der Waals surface area contributed by atoms with Gasteiger partial charge >= 0.3 is 5.97 Å². The Morgan fingerprint density at radius 3 is 2.24 bits per heavy atom. The Morgan fingerprint density at radius 1 is 0.897 bits per heavy atom. The third kappa shape index (κ3) is 7.70. The summed E-state index contributed by atoms with van der Waals surface area (Å²) in [4.78, 5) is 12.2. The van der Waals surface area contributed by atoms with Gasteiger partial charge in [0.25, 0.3) is 0 Å². The van der Waals surface area contributed by atoms with Gasteiger partial charge in [-0.3, -0.25) is 0 Å². The molecule has 1 aromatic carbocycles. The number of ether oxygens (including phenoxy) is 5. The molecule has 1 aromatic rings. The predicted octanol–water partition coefficient (Wildman–Crippen LogP) is 3.94. The SMILES string of the molecule is CCCOCCOCCO[C@H]1OC(COC(=O)c2ccccc2)[C@@H](C)[C@H](C)C1C. The molecule has 2 unspecified atom stereocenters. The van der Waals surface area contributed by atoms with E-state index in [0.29, 0.717) is 37.9 Å². The second-order valence-electron chi connectivity index (χ2n) is 7.68. The van der Waals surface area contributed by atoms with Gasteiger partial charge < -0.3 is 23.7 Å². The molecule has 1 saturated heterocycles. The second kappa shape index (κ2) is 13.0. The van der Waals surface area contributed by atoms with E-state index >= 15 is 0 Å². The van der Waals surface area contributed by atoms with Crippen LogP contribution < -0.4 is 0 Å². The number of hydrogen-bond acceptors (Lipinski definition) is 6. The van der Waals surface area contributed by atoms with Crippen LogP contribution in [0.15, 0.2) is 30.3 Å². The maximum atomic E-state index is 12.2. The van der Waals surface area contributed by atoms with E-state index in [9.17, 15) is 4.79 Å². The molecule has 1 heterocycles. The Labute approximate surface area is 174 Å². The molecule has 0 saturated carbocycles. The fourth-order valence-electron chi connectivity index (χ4n) is 3.37. The van der Waals surface area contributed by atoms with Crippen LogP contribution in [0.25, 0.3) is 0 Å². The zero-order valence-electron chi connectivity index (χ0n) is 18.2. The second-order valence-corrected chi connectivity index (χ2v) is 7.68. The van der Waals surface area contributed by atoms with Gasteiger partial charge in [-0.2, -0.15) is 0 Å². The average molecular weight is 409 g/mol. The molecule has 164 valence electrons. The van der Waals surface area contributed by atoms with Crippen molar-refractivity contribution in [3.05, 3.63) is 35.9 Å². The van der Waals surface area contributed by atoms with Crippen molar-refractivity contribution in [2.24, 2.45) is 17.8 Å². The lowest BCUT2D eigenvalue weighted by Crippen LogP contribution is -2.48. The monoisotopic (exact) mass is 408 g/mol. The van der Waals surface area contributed by atoms with Crippen molar-refractivity contribution < 1.29 is 28.5 Å². The standard InChI is InChI=1S/C23H36O6/c1-5-11-25-12-13-26-14-15-27-23-19(4)17(2)18(3)21(29-23)16-28-22(24)20-9-7-6-8-10-20/h6-10,17-19,21,23H,5,11-16H2,1-4H3/t17-,18-,19?,21?,23-/m0/s1. The van der Waals surface area contributed by atoms with Crippen LogP contribution in [-0.4, -0.2) is 58.0 Å². The van der Waals surface area contributed by atoms with Crippen LogP contribution in [0.2, 0.25) is 0 Å². The summed E-state index contributed by atoms with van der Waals surface area (Å²) in [7, 11) is 0. The zero-order chi connectivity index (χ0) is 21.1. The summed E-state index contributed by atoms with van der Waals surface area (Å²) < 4.78 is 28.5. The number of carbonyl (C=O) groups is 1. The van der Waals surface area contributed by atoms with Crippen molar-refractivity contribution in [1.29, 1.82) is 0 Å². The summed E-state index contributed by atoms with van der Waals surface area (Å²) in [6, 6.07) is 9.01. The first-order chi connectivity index (χ1) is 14.0. The first-order valence-electron chi connectivity index (χ1n) is 10.7. The molecule has 0 spiro atoms. The minimum Gasteiger partial charge on any atom is -0.459 e. The fraction of sp³-hybridized carbons (Fsp3) is 0.696. The summed E-state index contributed by atoms with van der Waals surface area (Å²) in [6.07, 6.45) is 0.488. The molecule has 1 aliphatic rings. The Bertz CT molecular complexity index is 578. The van der Waals surface area contributed by atoms with Gasteiger partial charge in [0.15, 0.2) is 6.29 Å². The largest absolute Gasteiger partial charge is 0.459 e. The lowest BCUT2D eigenvalue weighted by Gasteiger charge is -2.43. The number of rotatable bonds is 12. The van der Waals surface area contributed by atoms with Crippen LogP contribution in [0.1, 0.15) is 44.5 Å². The molecule has 0 bridgehead atoms. The van der Waals surface area contributed by atoms with Crippen molar-refractivity contribution in [3.8, 4) is 0 Å². The zero-order valence-corrected chi connectivity index (χ0v) is 18.2. The lowest BCUT2D eigenvalue weighted by molar-refractivity contribution is -0.256. The van der Waals surface area contributed by atoms with Crippen LogP contribution in [-0.2, 0) is 23.7 Å². The Kier molecular flexibility index (Phi) is 10.6. The average Bonchev–Trinajstić information content (AvgIpc) is 2.75. The first-order valence-corrected chi connectivity index (χ1v) is 10.7. The van der Waals surface area contributed by atoms with Gasteiger partial charge in [-0.25, -0.2) is 4.79 Å². The summed E-state index contributed by atoms with van der Waals surface area (Å²) in [6.45, 7) is 11.7. The number of benzene rings is 1. The van der Waals surface area contributed by atoms with Crippen molar-refractivity contribution in [2.45, 2.75) is 46.5 Å². The van der Waals surface area contributed by atoms with Crippen molar-refractivity contribution in [3.63, 3.8) is 0 Å². The van der Waals surface area contributed by atoms with Crippen LogP contribution in [0.3, 0.4) is 0 Å². The molecule has 0 aromatic heterocycles. The number of carbonyl (C=O) groups excluding carboxylic acids is 1. The molecule has 0 amide bonds. The van der Waals surface area contributed by atoms with E-state index in [4.69, 9.17) is 23.7 Å². The van der Waals surface area contributed by atoms with E-state index in [1.54, 1.807) is 12.1 Å². The van der Waals surface area contributed by atoms with Crippen LogP contribution in [0.4, 0.5) is 0 Å². The Hall–Kier alpha value is -1.47. The van der Waals surface area contributed by atoms with Crippen LogP contribution in [0.5, 0.6) is 0 Å². The quantitative estimate of drug-likeness (QED) is 0.386. The highest BCUT2D eigenvalue weighted by molar-refractivity contribution is 5.89. The van der Waals surface area contributed by atoms with Gasteiger partial charge in [-0.15, -0.1) is 0 Å². The smallest absolute Gasteiger partial charge is 0.338 e. The Morgan fingerprint density at radius 2 is 1.55 bits per heavy atom. The molecule has 6 heteroatoms. The van der Waals surface area contributed by atoms with Gasteiger partial charge in [-0.05, 0) is 30.4 Å². The summed E-state index contributed by atoms with van der Waals surface area (Å²) >= 11 is 0. The lowest BCUT2D eigenvalue weighted by atomic mass is 9.79. The van der Waals surface area contributed by atoms with Crippen LogP contribution >= 0.6 is 0 Å². The van der Waals surface area contributed by atoms with Gasteiger partial charge in [0, 0.05) is 12.5 Å². The topological polar surface area (TPSA) is 63.2 Å². The third-order valence-corrected chi connectivity index (χ3v) is 5.60. The molecule has 1 aliphatic heterocycles. The van der Waals surface area contributed by atoms with Gasteiger partial charge in [0.2, 0.25) is 0 Å². The third-order valence-electron chi connectivity index (χ3n) is 5.60. The van der Waals surface area contributed by atoms with E-state index in [0.717, 1.165) is 13.0 Å². The van der Waals surface area contributed by atoms with Crippen molar-refractivity contribution >= 4 is 5.97 Å². The molecule has 5 atom stereocenters. The Balaban J connectivity index is 1.74. The van der Waals surface area contributed by atoms with E-state index in [2.05, 4.69) is 27.7 Å². The highest BCUT2D eigenvalue weighted by Gasteiger charge is 2.40. The summed E-state index contributed by atoms with van der Waals surface area (Å²) in [5, 5.41) is 0. The van der Waals surface area contributed by atoms with E-state index in [1.165, 1.54) is 0 Å². The van der Waals surface area contributed by atoms with Crippen molar-refractivity contribution in [1.82, 2.24) is 0 Å². The molecule has 0 radical (unpaired) electrons. The fourth-order valence-corrected chi connectivity index (χ4v) is 3.37. The highest BCUT2D eigenvalue weighted by atomic mass is 16.7. The molecule has 2 rings (SSSR count). The van der Waals surface area contributed by atoms with E-state index in [-0.39, 0.29) is 36.8 Å². The maximum absolute atomic E-state index is 12.2. The summed E-state index contributed by atoms with van der Waals surface area (Å²) in [5.41, 5.74) is 0.547. The molecular weight excluding hydrogens is 372 g/mol. The number of esters is 1. The molecule has 1 fully saturated rings. The van der Waals surface area contributed by atoms with E-state index in [1.807, 2.05) is 18.2 Å². The first kappa shape index (κ1) is 23.8. The molecule has 29 heavy (non-hydrogen) atoms. The minimum atomic E-state index is -0.332. The molecule has 0 N–H and O–H groups in total. The van der Waals surface area contributed by atoms with E-state index < -0.39 is 0 Å². The highest BCUT2D eigenvalue weighted by Crippen LogP contribution is 2.35. The molecule has 0 aliphatic carbocycles. The number of hydrogen-bond donors (Lipinski definition) is 0. The van der Waals surface area contributed by atoms with Gasteiger partial charge in [0.05, 0.1) is 38.1 Å².